The van der Waals surface area contributed by atoms with E-state index in [0.717, 1.165) is 10.9 Å². The molecule has 5 heteroatoms. The molecule has 1 atom stereocenters. The standard InChI is InChI=1S/C11H12ClN3O/c1-7(11(16)14-13)15-6-9(12)8-4-2-3-5-10(8)15/h2-7H,13H2,1H3,(H,14,16). The molecule has 0 aliphatic rings. The molecule has 1 unspecified atom stereocenters. The molecule has 0 saturated carbocycles. The van der Waals surface area contributed by atoms with E-state index in [1.807, 2.05) is 24.3 Å². The Balaban J connectivity index is 2.57. The molecule has 16 heavy (non-hydrogen) atoms. The van der Waals surface area contributed by atoms with Crippen LogP contribution < -0.4 is 11.3 Å². The molecule has 1 aromatic heterocycles. The molecule has 0 bridgehead atoms. The number of benzene rings is 1. The fourth-order valence-corrected chi connectivity index (χ4v) is 1.99. The summed E-state index contributed by atoms with van der Waals surface area (Å²) in [5.41, 5.74) is 3.05. The number of nitrogens with zero attached hydrogens (tertiary/aromatic N) is 1. The first-order valence-electron chi connectivity index (χ1n) is 4.90. The van der Waals surface area contributed by atoms with Crippen molar-refractivity contribution < 1.29 is 4.79 Å². The molecule has 0 aliphatic carbocycles. The van der Waals surface area contributed by atoms with Crippen LogP contribution in [0.5, 0.6) is 0 Å². The number of hydrogen-bond acceptors (Lipinski definition) is 2. The number of carbonyl (C=O) groups is 1. The van der Waals surface area contributed by atoms with Crippen LogP contribution in [0.15, 0.2) is 30.5 Å². The average molecular weight is 238 g/mol. The van der Waals surface area contributed by atoms with Crippen molar-refractivity contribution in [3.05, 3.63) is 35.5 Å². The molecular weight excluding hydrogens is 226 g/mol. The third kappa shape index (κ3) is 1.66. The quantitative estimate of drug-likeness (QED) is 0.476. The van der Waals surface area contributed by atoms with E-state index in [1.165, 1.54) is 0 Å². The van der Waals surface area contributed by atoms with Gasteiger partial charge in [0.15, 0.2) is 0 Å². The molecular formula is C11H12ClN3O. The highest BCUT2D eigenvalue weighted by atomic mass is 35.5. The molecule has 0 radical (unpaired) electrons. The van der Waals surface area contributed by atoms with Gasteiger partial charge in [0, 0.05) is 11.6 Å². The van der Waals surface area contributed by atoms with Crippen molar-refractivity contribution in [2.24, 2.45) is 5.84 Å². The van der Waals surface area contributed by atoms with Gasteiger partial charge in [0.1, 0.15) is 6.04 Å². The number of carbonyl (C=O) groups excluding carboxylic acids is 1. The molecule has 3 N–H and O–H groups in total. The van der Waals surface area contributed by atoms with Crippen molar-refractivity contribution in [1.29, 1.82) is 0 Å². The first kappa shape index (κ1) is 11.0. The number of para-hydroxylation sites is 1. The van der Waals surface area contributed by atoms with Gasteiger partial charge in [0.25, 0.3) is 5.91 Å². The monoisotopic (exact) mass is 237 g/mol. The molecule has 84 valence electrons. The summed E-state index contributed by atoms with van der Waals surface area (Å²) in [6.45, 7) is 1.77. The molecule has 0 spiro atoms. The van der Waals surface area contributed by atoms with Crippen LogP contribution >= 0.6 is 11.6 Å². The Kier molecular flexibility index (Phi) is 2.85. The zero-order chi connectivity index (χ0) is 11.7. The number of amides is 1. The van der Waals surface area contributed by atoms with Gasteiger partial charge in [-0.15, -0.1) is 0 Å². The SMILES string of the molecule is CC(C(=O)NN)n1cc(Cl)c2ccccc21. The highest BCUT2D eigenvalue weighted by molar-refractivity contribution is 6.35. The largest absolute Gasteiger partial charge is 0.334 e. The Hall–Kier alpha value is -1.52. The van der Waals surface area contributed by atoms with E-state index in [0.29, 0.717) is 5.02 Å². The van der Waals surface area contributed by atoms with Crippen LogP contribution in [0, 0.1) is 0 Å². The predicted octanol–water partition coefficient (Wildman–Crippen LogP) is 1.85. The van der Waals surface area contributed by atoms with Crippen LogP contribution in [0.4, 0.5) is 0 Å². The molecule has 4 nitrogen and oxygen atoms in total. The van der Waals surface area contributed by atoms with E-state index in [2.05, 4.69) is 5.43 Å². The minimum Gasteiger partial charge on any atom is -0.334 e. The van der Waals surface area contributed by atoms with Gasteiger partial charge in [-0.1, -0.05) is 29.8 Å². The summed E-state index contributed by atoms with van der Waals surface area (Å²) in [6, 6.07) is 7.26. The molecule has 2 aromatic rings. The third-order valence-electron chi connectivity index (χ3n) is 2.63. The first-order valence-corrected chi connectivity index (χ1v) is 5.28. The van der Waals surface area contributed by atoms with E-state index >= 15 is 0 Å². The normalized spacial score (nSPS) is 12.7. The van der Waals surface area contributed by atoms with Crippen molar-refractivity contribution >= 4 is 28.4 Å². The Morgan fingerprint density at radius 3 is 2.88 bits per heavy atom. The maximum Gasteiger partial charge on any atom is 0.256 e. The molecule has 1 heterocycles. The van der Waals surface area contributed by atoms with Gasteiger partial charge in [-0.05, 0) is 13.0 Å². The van der Waals surface area contributed by atoms with Crippen LogP contribution in [-0.2, 0) is 4.79 Å². The fourth-order valence-electron chi connectivity index (χ4n) is 1.73. The number of rotatable bonds is 2. The summed E-state index contributed by atoms with van der Waals surface area (Å²) in [5.74, 6) is 4.86. The second kappa shape index (κ2) is 4.15. The van der Waals surface area contributed by atoms with Crippen molar-refractivity contribution in [2.45, 2.75) is 13.0 Å². The van der Waals surface area contributed by atoms with Gasteiger partial charge in [0.2, 0.25) is 0 Å². The number of nitrogens with two attached hydrogens (primary N) is 1. The second-order valence-corrected chi connectivity index (χ2v) is 3.99. The van der Waals surface area contributed by atoms with E-state index in [-0.39, 0.29) is 11.9 Å². The van der Waals surface area contributed by atoms with Crippen molar-refractivity contribution in [3.63, 3.8) is 0 Å². The van der Waals surface area contributed by atoms with Crippen molar-refractivity contribution in [1.82, 2.24) is 9.99 Å². The van der Waals surface area contributed by atoms with Crippen LogP contribution in [0.2, 0.25) is 5.02 Å². The number of aromatic nitrogens is 1. The summed E-state index contributed by atoms with van der Waals surface area (Å²) in [4.78, 5) is 11.5. The van der Waals surface area contributed by atoms with Gasteiger partial charge in [-0.2, -0.15) is 0 Å². The topological polar surface area (TPSA) is 60.1 Å². The van der Waals surface area contributed by atoms with E-state index in [9.17, 15) is 4.79 Å². The number of hydrogen-bond donors (Lipinski definition) is 2. The zero-order valence-corrected chi connectivity index (χ0v) is 9.53. The van der Waals surface area contributed by atoms with Gasteiger partial charge >= 0.3 is 0 Å². The Labute approximate surface area is 98.0 Å². The lowest BCUT2D eigenvalue weighted by Crippen LogP contribution is -2.35. The van der Waals surface area contributed by atoms with E-state index in [1.54, 1.807) is 17.7 Å². The summed E-state index contributed by atoms with van der Waals surface area (Å²) in [7, 11) is 0. The lowest BCUT2D eigenvalue weighted by atomic mass is 10.2. The van der Waals surface area contributed by atoms with E-state index in [4.69, 9.17) is 17.4 Å². The number of fused-ring (bicyclic) bond motifs is 1. The van der Waals surface area contributed by atoms with Crippen molar-refractivity contribution in [2.75, 3.05) is 0 Å². The van der Waals surface area contributed by atoms with Crippen LogP contribution in [0.1, 0.15) is 13.0 Å². The maximum absolute atomic E-state index is 11.5. The summed E-state index contributed by atoms with van der Waals surface area (Å²) >= 11 is 6.09. The average Bonchev–Trinajstić information content (AvgIpc) is 2.65. The lowest BCUT2D eigenvalue weighted by Gasteiger charge is -2.12. The highest BCUT2D eigenvalue weighted by Crippen LogP contribution is 2.28. The van der Waals surface area contributed by atoms with Crippen molar-refractivity contribution in [3.8, 4) is 0 Å². The Morgan fingerprint density at radius 2 is 2.19 bits per heavy atom. The van der Waals surface area contributed by atoms with Gasteiger partial charge in [0.05, 0.1) is 10.5 Å². The number of halogens is 1. The van der Waals surface area contributed by atoms with Gasteiger partial charge in [-0.25, -0.2) is 5.84 Å². The smallest absolute Gasteiger partial charge is 0.256 e. The molecule has 0 fully saturated rings. The highest BCUT2D eigenvalue weighted by Gasteiger charge is 2.16. The minimum absolute atomic E-state index is 0.252. The molecule has 0 saturated heterocycles. The molecule has 2 rings (SSSR count). The Bertz CT molecular complexity index is 535. The van der Waals surface area contributed by atoms with Crippen LogP contribution in [0.25, 0.3) is 10.9 Å². The lowest BCUT2D eigenvalue weighted by molar-refractivity contribution is -0.123. The third-order valence-corrected chi connectivity index (χ3v) is 2.93. The zero-order valence-electron chi connectivity index (χ0n) is 8.77. The Morgan fingerprint density at radius 1 is 1.50 bits per heavy atom. The fraction of sp³-hybridized carbons (Fsp3) is 0.182. The van der Waals surface area contributed by atoms with Crippen LogP contribution in [0.3, 0.4) is 0 Å². The second-order valence-electron chi connectivity index (χ2n) is 3.59. The van der Waals surface area contributed by atoms with Gasteiger partial charge in [-0.3, -0.25) is 10.2 Å². The number of nitrogens with one attached hydrogen (secondary N) is 1. The summed E-state index contributed by atoms with van der Waals surface area (Å²) < 4.78 is 1.81. The first-order chi connectivity index (χ1) is 7.65. The number of hydrazine groups is 1. The molecule has 1 aromatic carbocycles. The molecule has 0 aliphatic heterocycles. The van der Waals surface area contributed by atoms with Crippen LogP contribution in [-0.4, -0.2) is 10.5 Å². The molecule has 1 amide bonds. The summed E-state index contributed by atoms with van der Waals surface area (Å²) in [5, 5.41) is 1.56. The summed E-state index contributed by atoms with van der Waals surface area (Å²) in [6.07, 6.45) is 1.74. The predicted molar refractivity (Wildman–Crippen MR) is 64.0 cm³/mol. The van der Waals surface area contributed by atoms with Gasteiger partial charge < -0.3 is 4.57 Å². The minimum atomic E-state index is -0.387. The van der Waals surface area contributed by atoms with E-state index < -0.39 is 0 Å². The maximum atomic E-state index is 11.5.